The van der Waals surface area contributed by atoms with Gasteiger partial charge in [0.25, 0.3) is 5.69 Å². The number of nitro groups is 1. The molecule has 116 valence electrons. The first-order chi connectivity index (χ1) is 9.93. The number of rotatable bonds is 8. The predicted octanol–water partition coefficient (Wildman–Crippen LogP) is 2.33. The number of nitro benzene ring substituents is 1. The standard InChI is InChI=1S/C15H23N3O3/c1-4-7-12(2)16-15(19)11-17(3)10-13-8-5-6-9-14(13)18(20)21/h5-6,8-9,12H,4,7,10-11H2,1-3H3,(H,16,19)/t12-/m1/s1. The summed E-state index contributed by atoms with van der Waals surface area (Å²) in [6.07, 6.45) is 1.97. The quantitative estimate of drug-likeness (QED) is 0.589. The average Bonchev–Trinajstić information content (AvgIpc) is 2.38. The number of carbonyl (C=O) groups excluding carboxylic acids is 1. The zero-order valence-electron chi connectivity index (χ0n) is 12.8. The van der Waals surface area contributed by atoms with E-state index < -0.39 is 4.92 Å². The van der Waals surface area contributed by atoms with Crippen molar-refractivity contribution in [2.75, 3.05) is 13.6 Å². The fraction of sp³-hybridized carbons (Fsp3) is 0.533. The summed E-state index contributed by atoms with van der Waals surface area (Å²) < 4.78 is 0. The Morgan fingerprint density at radius 2 is 2.10 bits per heavy atom. The van der Waals surface area contributed by atoms with E-state index in [2.05, 4.69) is 12.2 Å². The van der Waals surface area contributed by atoms with Crippen LogP contribution in [0.1, 0.15) is 32.3 Å². The third-order valence-electron chi connectivity index (χ3n) is 3.17. The lowest BCUT2D eigenvalue weighted by atomic mass is 10.1. The molecule has 1 rings (SSSR count). The van der Waals surface area contributed by atoms with E-state index in [-0.39, 0.29) is 24.2 Å². The van der Waals surface area contributed by atoms with Gasteiger partial charge in [-0.1, -0.05) is 31.5 Å². The van der Waals surface area contributed by atoms with Crippen molar-refractivity contribution in [1.82, 2.24) is 10.2 Å². The summed E-state index contributed by atoms with van der Waals surface area (Å²) in [5, 5.41) is 13.9. The fourth-order valence-corrected chi connectivity index (χ4v) is 2.24. The summed E-state index contributed by atoms with van der Waals surface area (Å²) in [5.41, 5.74) is 0.698. The van der Waals surface area contributed by atoms with Crippen LogP contribution >= 0.6 is 0 Å². The lowest BCUT2D eigenvalue weighted by Crippen LogP contribution is -2.39. The van der Waals surface area contributed by atoms with Crippen molar-refractivity contribution >= 4 is 11.6 Å². The predicted molar refractivity (Wildman–Crippen MR) is 81.9 cm³/mol. The molecule has 0 radical (unpaired) electrons. The summed E-state index contributed by atoms with van der Waals surface area (Å²) in [7, 11) is 1.78. The summed E-state index contributed by atoms with van der Waals surface area (Å²) >= 11 is 0. The van der Waals surface area contributed by atoms with Crippen LogP contribution in [-0.2, 0) is 11.3 Å². The number of amides is 1. The topological polar surface area (TPSA) is 75.5 Å². The molecule has 0 aliphatic heterocycles. The molecule has 0 bridgehead atoms. The third-order valence-corrected chi connectivity index (χ3v) is 3.17. The van der Waals surface area contributed by atoms with Crippen LogP contribution in [0.25, 0.3) is 0 Å². The Morgan fingerprint density at radius 3 is 2.71 bits per heavy atom. The summed E-state index contributed by atoms with van der Waals surface area (Å²) in [6, 6.07) is 6.75. The first kappa shape index (κ1) is 17.1. The van der Waals surface area contributed by atoms with Gasteiger partial charge in [-0.25, -0.2) is 0 Å². The smallest absolute Gasteiger partial charge is 0.273 e. The van der Waals surface area contributed by atoms with Crippen molar-refractivity contribution in [1.29, 1.82) is 0 Å². The van der Waals surface area contributed by atoms with Crippen LogP contribution < -0.4 is 5.32 Å². The second kappa shape index (κ2) is 8.36. The van der Waals surface area contributed by atoms with Crippen molar-refractivity contribution in [2.45, 2.75) is 39.3 Å². The van der Waals surface area contributed by atoms with Gasteiger partial charge in [-0.3, -0.25) is 19.8 Å². The van der Waals surface area contributed by atoms with Gasteiger partial charge >= 0.3 is 0 Å². The summed E-state index contributed by atoms with van der Waals surface area (Å²) in [5.74, 6) is -0.0583. The molecule has 1 aromatic carbocycles. The van der Waals surface area contributed by atoms with Crippen LogP contribution in [0.5, 0.6) is 0 Å². The number of hydrogen-bond donors (Lipinski definition) is 1. The maximum Gasteiger partial charge on any atom is 0.273 e. The minimum Gasteiger partial charge on any atom is -0.353 e. The van der Waals surface area contributed by atoms with E-state index in [0.717, 1.165) is 12.8 Å². The molecule has 0 fully saturated rings. The Hall–Kier alpha value is -1.95. The maximum absolute atomic E-state index is 11.9. The van der Waals surface area contributed by atoms with E-state index in [9.17, 15) is 14.9 Å². The minimum atomic E-state index is -0.396. The normalized spacial score (nSPS) is 12.2. The molecular formula is C15H23N3O3. The number of para-hydroxylation sites is 1. The zero-order valence-corrected chi connectivity index (χ0v) is 12.8. The van der Waals surface area contributed by atoms with E-state index in [1.165, 1.54) is 6.07 Å². The lowest BCUT2D eigenvalue weighted by Gasteiger charge is -2.18. The molecule has 1 N–H and O–H groups in total. The first-order valence-corrected chi connectivity index (χ1v) is 7.14. The molecule has 0 heterocycles. The monoisotopic (exact) mass is 293 g/mol. The molecule has 6 nitrogen and oxygen atoms in total. The van der Waals surface area contributed by atoms with Gasteiger partial charge in [-0.2, -0.15) is 0 Å². The Balaban J connectivity index is 2.56. The maximum atomic E-state index is 11.9. The van der Waals surface area contributed by atoms with E-state index in [1.54, 1.807) is 30.1 Å². The van der Waals surface area contributed by atoms with Crippen LogP contribution in [0.2, 0.25) is 0 Å². The SMILES string of the molecule is CCC[C@@H](C)NC(=O)CN(C)Cc1ccccc1[N+](=O)[O-]. The molecule has 6 heteroatoms. The van der Waals surface area contributed by atoms with Crippen LogP contribution in [0.4, 0.5) is 5.69 Å². The van der Waals surface area contributed by atoms with Crippen molar-refractivity contribution < 1.29 is 9.72 Å². The molecule has 1 aromatic rings. The first-order valence-electron chi connectivity index (χ1n) is 7.14. The number of hydrogen-bond acceptors (Lipinski definition) is 4. The van der Waals surface area contributed by atoms with Gasteiger partial charge in [0.05, 0.1) is 11.5 Å². The number of carbonyl (C=O) groups is 1. The number of benzene rings is 1. The van der Waals surface area contributed by atoms with Gasteiger partial charge in [0.15, 0.2) is 0 Å². The zero-order chi connectivity index (χ0) is 15.8. The molecule has 0 saturated heterocycles. The minimum absolute atomic E-state index is 0.0583. The number of nitrogens with one attached hydrogen (secondary N) is 1. The highest BCUT2D eigenvalue weighted by Crippen LogP contribution is 2.18. The number of nitrogens with zero attached hydrogens (tertiary/aromatic N) is 2. The van der Waals surface area contributed by atoms with Gasteiger partial charge < -0.3 is 5.32 Å². The molecule has 0 aromatic heterocycles. The third kappa shape index (κ3) is 5.91. The van der Waals surface area contributed by atoms with E-state index in [0.29, 0.717) is 12.1 Å². The van der Waals surface area contributed by atoms with Gasteiger partial charge in [-0.15, -0.1) is 0 Å². The van der Waals surface area contributed by atoms with Crippen LogP contribution in [0.15, 0.2) is 24.3 Å². The lowest BCUT2D eigenvalue weighted by molar-refractivity contribution is -0.385. The molecule has 0 aliphatic carbocycles. The van der Waals surface area contributed by atoms with Crippen LogP contribution in [-0.4, -0.2) is 35.4 Å². The molecule has 0 aliphatic rings. The molecule has 1 amide bonds. The van der Waals surface area contributed by atoms with Gasteiger partial charge in [0.1, 0.15) is 0 Å². The van der Waals surface area contributed by atoms with Crippen molar-refractivity contribution in [3.63, 3.8) is 0 Å². The summed E-state index contributed by atoms with van der Waals surface area (Å²) in [4.78, 5) is 24.2. The van der Waals surface area contributed by atoms with Crippen molar-refractivity contribution in [2.24, 2.45) is 0 Å². The van der Waals surface area contributed by atoms with E-state index >= 15 is 0 Å². The van der Waals surface area contributed by atoms with Gasteiger partial charge in [0, 0.05) is 24.2 Å². The average molecular weight is 293 g/mol. The van der Waals surface area contributed by atoms with E-state index in [1.807, 2.05) is 6.92 Å². The highest BCUT2D eigenvalue weighted by molar-refractivity contribution is 5.78. The van der Waals surface area contributed by atoms with Crippen molar-refractivity contribution in [3.8, 4) is 0 Å². The highest BCUT2D eigenvalue weighted by Gasteiger charge is 2.15. The Morgan fingerprint density at radius 1 is 1.43 bits per heavy atom. The molecular weight excluding hydrogens is 270 g/mol. The second-order valence-corrected chi connectivity index (χ2v) is 5.32. The van der Waals surface area contributed by atoms with Gasteiger partial charge in [0.2, 0.25) is 5.91 Å². The van der Waals surface area contributed by atoms with Gasteiger partial charge in [-0.05, 0) is 20.4 Å². The largest absolute Gasteiger partial charge is 0.353 e. The molecule has 1 atom stereocenters. The Labute approximate surface area is 125 Å². The molecule has 21 heavy (non-hydrogen) atoms. The molecule has 0 saturated carbocycles. The molecule has 0 unspecified atom stereocenters. The van der Waals surface area contributed by atoms with Crippen molar-refractivity contribution in [3.05, 3.63) is 39.9 Å². The molecule has 0 spiro atoms. The van der Waals surface area contributed by atoms with E-state index in [4.69, 9.17) is 0 Å². The number of likely N-dealkylation sites (N-methyl/N-ethyl adjacent to an activating group) is 1. The van der Waals surface area contributed by atoms with Crippen LogP contribution in [0.3, 0.4) is 0 Å². The fourth-order valence-electron chi connectivity index (χ4n) is 2.24. The summed E-state index contributed by atoms with van der Waals surface area (Å²) in [6.45, 7) is 4.64. The van der Waals surface area contributed by atoms with Crippen LogP contribution in [0, 0.1) is 10.1 Å². The Kier molecular flexibility index (Phi) is 6.81. The second-order valence-electron chi connectivity index (χ2n) is 5.32. The highest BCUT2D eigenvalue weighted by atomic mass is 16.6. The Bertz CT molecular complexity index is 491.